The number of aryl methyl sites for hydroxylation is 1. The van der Waals surface area contributed by atoms with Gasteiger partial charge in [0, 0.05) is 20.5 Å². The first-order valence-corrected chi connectivity index (χ1v) is 10.7. The normalized spacial score (nSPS) is 12.6. The molecule has 0 heterocycles. The van der Waals surface area contributed by atoms with E-state index in [2.05, 4.69) is 5.32 Å². The van der Waals surface area contributed by atoms with Crippen LogP contribution in [0.5, 0.6) is 5.75 Å². The average molecular weight is 405 g/mol. The topological polar surface area (TPSA) is 75.7 Å². The summed E-state index contributed by atoms with van der Waals surface area (Å²) in [5.74, 6) is 0.743. The van der Waals surface area contributed by atoms with Crippen LogP contribution in [0.15, 0.2) is 53.4 Å². The standard InChI is InChI=1S/C21H28N2O4S/c1-5-27-20-9-7-6-8-18(20)12-15-21(24)22-16(2)17-10-13-19(14-11-17)28(25,26)23(3)4/h6-11,13-14,16H,5,12,15H2,1-4H3,(H,22,24). The van der Waals surface area contributed by atoms with Crippen molar-refractivity contribution in [1.29, 1.82) is 0 Å². The number of rotatable bonds is 9. The molecule has 1 N–H and O–H groups in total. The molecule has 0 aliphatic rings. The minimum Gasteiger partial charge on any atom is -0.494 e. The van der Waals surface area contributed by atoms with Gasteiger partial charge in [-0.05, 0) is 49.6 Å². The molecule has 1 amide bonds. The van der Waals surface area contributed by atoms with Crippen LogP contribution < -0.4 is 10.1 Å². The van der Waals surface area contributed by atoms with Crippen molar-refractivity contribution in [3.63, 3.8) is 0 Å². The Balaban J connectivity index is 1.96. The molecule has 0 aliphatic heterocycles. The SMILES string of the molecule is CCOc1ccccc1CCC(=O)NC(C)c1ccc(S(=O)(=O)N(C)C)cc1. The van der Waals surface area contributed by atoms with Gasteiger partial charge in [-0.15, -0.1) is 0 Å². The highest BCUT2D eigenvalue weighted by Crippen LogP contribution is 2.21. The summed E-state index contributed by atoms with van der Waals surface area (Å²) in [4.78, 5) is 12.6. The fraction of sp³-hybridized carbons (Fsp3) is 0.381. The number of ether oxygens (including phenoxy) is 1. The summed E-state index contributed by atoms with van der Waals surface area (Å²) < 4.78 is 31.0. The molecule has 0 spiro atoms. The number of benzene rings is 2. The Labute approximate surface area is 167 Å². The van der Waals surface area contributed by atoms with E-state index in [0.717, 1.165) is 16.9 Å². The lowest BCUT2D eigenvalue weighted by atomic mass is 10.1. The molecule has 0 aliphatic carbocycles. The van der Waals surface area contributed by atoms with E-state index in [4.69, 9.17) is 4.74 Å². The molecule has 2 rings (SSSR count). The lowest BCUT2D eigenvalue weighted by Gasteiger charge is -2.16. The van der Waals surface area contributed by atoms with E-state index in [0.29, 0.717) is 19.4 Å². The Morgan fingerprint density at radius 3 is 2.36 bits per heavy atom. The fourth-order valence-corrected chi connectivity index (χ4v) is 3.69. The smallest absolute Gasteiger partial charge is 0.242 e. The fourth-order valence-electron chi connectivity index (χ4n) is 2.79. The number of sulfonamides is 1. The van der Waals surface area contributed by atoms with Crippen molar-refractivity contribution >= 4 is 15.9 Å². The number of amides is 1. The Kier molecular flexibility index (Phi) is 7.60. The molecule has 0 aromatic heterocycles. The van der Waals surface area contributed by atoms with Crippen LogP contribution in [0.3, 0.4) is 0 Å². The number of carbonyl (C=O) groups excluding carboxylic acids is 1. The van der Waals surface area contributed by atoms with Crippen LogP contribution in [0.4, 0.5) is 0 Å². The molecule has 0 saturated carbocycles. The highest BCUT2D eigenvalue weighted by molar-refractivity contribution is 7.89. The molecule has 6 nitrogen and oxygen atoms in total. The molecule has 2 aromatic carbocycles. The van der Waals surface area contributed by atoms with E-state index in [1.807, 2.05) is 38.1 Å². The van der Waals surface area contributed by atoms with Gasteiger partial charge in [0.15, 0.2) is 0 Å². The molecule has 0 bridgehead atoms. The van der Waals surface area contributed by atoms with Gasteiger partial charge >= 0.3 is 0 Å². The summed E-state index contributed by atoms with van der Waals surface area (Å²) in [6.45, 7) is 4.39. The van der Waals surface area contributed by atoms with Gasteiger partial charge in [-0.2, -0.15) is 0 Å². The second kappa shape index (κ2) is 9.71. The van der Waals surface area contributed by atoms with Crippen molar-refractivity contribution < 1.29 is 17.9 Å². The van der Waals surface area contributed by atoms with Gasteiger partial charge in [-0.1, -0.05) is 30.3 Å². The van der Waals surface area contributed by atoms with Crippen molar-refractivity contribution in [2.45, 2.75) is 37.6 Å². The summed E-state index contributed by atoms with van der Waals surface area (Å²) in [5.41, 5.74) is 1.85. The number of hydrogen-bond donors (Lipinski definition) is 1. The van der Waals surface area contributed by atoms with Gasteiger partial charge < -0.3 is 10.1 Å². The quantitative estimate of drug-likeness (QED) is 0.697. The highest BCUT2D eigenvalue weighted by Gasteiger charge is 2.18. The lowest BCUT2D eigenvalue weighted by Crippen LogP contribution is -2.27. The maximum absolute atomic E-state index is 12.3. The molecule has 0 fully saturated rings. The van der Waals surface area contributed by atoms with Gasteiger partial charge in [0.05, 0.1) is 17.5 Å². The van der Waals surface area contributed by atoms with Gasteiger partial charge in [0.25, 0.3) is 0 Å². The van der Waals surface area contributed by atoms with Crippen LogP contribution in [-0.4, -0.2) is 39.3 Å². The van der Waals surface area contributed by atoms with E-state index in [9.17, 15) is 13.2 Å². The number of nitrogens with one attached hydrogen (secondary N) is 1. The minimum atomic E-state index is -3.46. The van der Waals surface area contributed by atoms with E-state index >= 15 is 0 Å². The maximum Gasteiger partial charge on any atom is 0.242 e. The van der Waals surface area contributed by atoms with E-state index in [-0.39, 0.29) is 16.8 Å². The molecule has 1 unspecified atom stereocenters. The third kappa shape index (κ3) is 5.56. The van der Waals surface area contributed by atoms with Crippen LogP contribution in [0.25, 0.3) is 0 Å². The summed E-state index contributed by atoms with van der Waals surface area (Å²) in [5, 5.41) is 2.96. The minimum absolute atomic E-state index is 0.0659. The third-order valence-electron chi connectivity index (χ3n) is 4.43. The van der Waals surface area contributed by atoms with E-state index in [1.165, 1.54) is 18.4 Å². The first-order valence-electron chi connectivity index (χ1n) is 9.28. The molecular formula is C21H28N2O4S. The maximum atomic E-state index is 12.3. The second-order valence-electron chi connectivity index (χ2n) is 6.69. The number of carbonyl (C=O) groups is 1. The number of nitrogens with zero attached hydrogens (tertiary/aromatic N) is 1. The zero-order chi connectivity index (χ0) is 20.7. The molecule has 7 heteroatoms. The Bertz CT molecular complexity index is 893. The van der Waals surface area contributed by atoms with Crippen molar-refractivity contribution in [3.8, 4) is 5.75 Å². The molecule has 1 atom stereocenters. The molecular weight excluding hydrogens is 376 g/mol. The molecule has 152 valence electrons. The number of hydrogen-bond acceptors (Lipinski definition) is 4. The van der Waals surface area contributed by atoms with Gasteiger partial charge in [-0.25, -0.2) is 12.7 Å². The number of para-hydroxylation sites is 1. The van der Waals surface area contributed by atoms with Crippen molar-refractivity contribution in [2.75, 3.05) is 20.7 Å². The lowest BCUT2D eigenvalue weighted by molar-refractivity contribution is -0.121. The van der Waals surface area contributed by atoms with Crippen LogP contribution in [0, 0.1) is 0 Å². The zero-order valence-corrected chi connectivity index (χ0v) is 17.6. The zero-order valence-electron chi connectivity index (χ0n) is 16.8. The van der Waals surface area contributed by atoms with Crippen LogP contribution in [0.2, 0.25) is 0 Å². The molecule has 0 saturated heterocycles. The van der Waals surface area contributed by atoms with Gasteiger partial charge in [0.2, 0.25) is 15.9 Å². The highest BCUT2D eigenvalue weighted by atomic mass is 32.2. The predicted octanol–water partition coefficient (Wildman–Crippen LogP) is 3.15. The van der Waals surface area contributed by atoms with E-state index < -0.39 is 10.0 Å². The first-order chi connectivity index (χ1) is 13.3. The largest absolute Gasteiger partial charge is 0.494 e. The average Bonchev–Trinajstić information content (AvgIpc) is 2.67. The van der Waals surface area contributed by atoms with Crippen LogP contribution >= 0.6 is 0 Å². The molecule has 28 heavy (non-hydrogen) atoms. The Morgan fingerprint density at radius 2 is 1.75 bits per heavy atom. The molecule has 0 radical (unpaired) electrons. The van der Waals surface area contributed by atoms with Crippen molar-refractivity contribution in [3.05, 3.63) is 59.7 Å². The van der Waals surface area contributed by atoms with Gasteiger partial charge in [-0.3, -0.25) is 4.79 Å². The van der Waals surface area contributed by atoms with Gasteiger partial charge in [0.1, 0.15) is 5.75 Å². The molecule has 2 aromatic rings. The summed E-state index contributed by atoms with van der Waals surface area (Å²) in [6.07, 6.45) is 0.941. The van der Waals surface area contributed by atoms with E-state index in [1.54, 1.807) is 24.3 Å². The summed E-state index contributed by atoms with van der Waals surface area (Å²) >= 11 is 0. The summed E-state index contributed by atoms with van der Waals surface area (Å²) in [7, 11) is -0.465. The first kappa shape index (κ1) is 21.9. The summed E-state index contributed by atoms with van der Waals surface area (Å²) in [6, 6.07) is 14.1. The van der Waals surface area contributed by atoms with Crippen molar-refractivity contribution in [1.82, 2.24) is 9.62 Å². The monoisotopic (exact) mass is 404 g/mol. The Morgan fingerprint density at radius 1 is 1.11 bits per heavy atom. The predicted molar refractivity (Wildman–Crippen MR) is 110 cm³/mol. The van der Waals surface area contributed by atoms with Crippen molar-refractivity contribution in [2.24, 2.45) is 0 Å². The second-order valence-corrected chi connectivity index (χ2v) is 8.84. The van der Waals surface area contributed by atoms with Crippen LogP contribution in [-0.2, 0) is 21.2 Å². The van der Waals surface area contributed by atoms with Crippen LogP contribution in [0.1, 0.15) is 37.4 Å². The Hall–Kier alpha value is -2.38. The third-order valence-corrected chi connectivity index (χ3v) is 6.26.